The molecule has 1 heterocycles. The predicted octanol–water partition coefficient (Wildman–Crippen LogP) is 5.32. The molecule has 1 aromatic heterocycles. The lowest BCUT2D eigenvalue weighted by molar-refractivity contribution is -0.137. The molecule has 0 amide bonds. The number of anilines is 1. The summed E-state index contributed by atoms with van der Waals surface area (Å²) in [6, 6.07) is 10.0. The Morgan fingerprint density at radius 3 is 2.33 bits per heavy atom. The van der Waals surface area contributed by atoms with E-state index in [1.54, 1.807) is 19.1 Å². The Labute approximate surface area is 154 Å². The van der Waals surface area contributed by atoms with E-state index in [-0.39, 0.29) is 11.6 Å². The first-order valence-corrected chi connectivity index (χ1v) is 8.30. The molecule has 0 radical (unpaired) electrons. The van der Waals surface area contributed by atoms with Crippen LogP contribution >= 0.6 is 0 Å². The van der Waals surface area contributed by atoms with Crippen molar-refractivity contribution in [2.24, 2.45) is 0 Å². The molecule has 0 atom stereocenters. The molecule has 1 N–H and O–H groups in total. The van der Waals surface area contributed by atoms with Gasteiger partial charge in [0.25, 0.3) is 0 Å². The molecule has 0 spiro atoms. The molecular formula is C20H19F3N2O2. The van der Waals surface area contributed by atoms with Gasteiger partial charge in [0, 0.05) is 18.3 Å². The molecule has 2 aromatic carbocycles. The second-order valence-corrected chi connectivity index (χ2v) is 6.43. The fourth-order valence-corrected chi connectivity index (χ4v) is 2.68. The summed E-state index contributed by atoms with van der Waals surface area (Å²) < 4.78 is 43.9. The first kappa shape index (κ1) is 18.8. The summed E-state index contributed by atoms with van der Waals surface area (Å²) in [6.07, 6.45) is -4.37. The Morgan fingerprint density at radius 1 is 1.07 bits per heavy atom. The summed E-state index contributed by atoms with van der Waals surface area (Å²) in [5.41, 5.74) is 2.11. The van der Waals surface area contributed by atoms with Crippen molar-refractivity contribution in [1.29, 1.82) is 0 Å². The Balaban J connectivity index is 1.81. The van der Waals surface area contributed by atoms with Crippen LogP contribution in [0, 0.1) is 13.8 Å². The van der Waals surface area contributed by atoms with Crippen molar-refractivity contribution in [2.75, 3.05) is 11.9 Å². The minimum Gasteiger partial charge on any atom is -0.508 e. The third-order valence-corrected chi connectivity index (χ3v) is 4.35. The number of phenols is 1. The van der Waals surface area contributed by atoms with Crippen LogP contribution in [0.25, 0.3) is 11.5 Å². The van der Waals surface area contributed by atoms with E-state index in [0.717, 1.165) is 23.4 Å². The van der Waals surface area contributed by atoms with Gasteiger partial charge < -0.3 is 14.4 Å². The van der Waals surface area contributed by atoms with Crippen LogP contribution < -0.4 is 4.90 Å². The number of hydrogen-bond donors (Lipinski definition) is 1. The Hall–Kier alpha value is -2.96. The van der Waals surface area contributed by atoms with Gasteiger partial charge in [-0.2, -0.15) is 13.2 Å². The van der Waals surface area contributed by atoms with Gasteiger partial charge in [0.05, 0.1) is 17.8 Å². The van der Waals surface area contributed by atoms with Gasteiger partial charge in [0.1, 0.15) is 11.5 Å². The van der Waals surface area contributed by atoms with Gasteiger partial charge in [-0.3, -0.25) is 0 Å². The molecule has 3 rings (SSSR count). The number of phenolic OH excluding ortho intramolecular Hbond substituents is 1. The maximum Gasteiger partial charge on any atom is 0.416 e. The quantitative estimate of drug-likeness (QED) is 0.670. The Morgan fingerprint density at radius 2 is 1.74 bits per heavy atom. The number of benzene rings is 2. The van der Waals surface area contributed by atoms with Crippen LogP contribution in [0.1, 0.15) is 22.6 Å². The fraction of sp³-hybridized carbons (Fsp3) is 0.250. The molecule has 3 aromatic rings. The molecule has 0 aliphatic rings. The summed E-state index contributed by atoms with van der Waals surface area (Å²) >= 11 is 0. The van der Waals surface area contributed by atoms with Crippen LogP contribution in [0.3, 0.4) is 0 Å². The number of halogens is 3. The maximum absolute atomic E-state index is 12.7. The van der Waals surface area contributed by atoms with E-state index in [9.17, 15) is 18.3 Å². The lowest BCUT2D eigenvalue weighted by Crippen LogP contribution is -2.16. The zero-order valence-electron chi connectivity index (χ0n) is 15.1. The third-order valence-electron chi connectivity index (χ3n) is 4.35. The van der Waals surface area contributed by atoms with Crippen molar-refractivity contribution in [3.05, 3.63) is 65.0 Å². The van der Waals surface area contributed by atoms with Crippen molar-refractivity contribution < 1.29 is 22.7 Å². The zero-order valence-corrected chi connectivity index (χ0v) is 15.1. The molecule has 0 fully saturated rings. The summed E-state index contributed by atoms with van der Waals surface area (Å²) in [4.78, 5) is 6.28. The summed E-state index contributed by atoms with van der Waals surface area (Å²) in [7, 11) is 1.88. The topological polar surface area (TPSA) is 49.5 Å². The Bertz CT molecular complexity index is 947. The van der Waals surface area contributed by atoms with E-state index in [2.05, 4.69) is 4.98 Å². The van der Waals surface area contributed by atoms with Crippen molar-refractivity contribution in [3.8, 4) is 17.2 Å². The van der Waals surface area contributed by atoms with Gasteiger partial charge in [0.2, 0.25) is 5.89 Å². The monoisotopic (exact) mass is 376 g/mol. The average molecular weight is 376 g/mol. The average Bonchev–Trinajstić information content (AvgIpc) is 2.97. The van der Waals surface area contributed by atoms with Crippen molar-refractivity contribution in [3.63, 3.8) is 0 Å². The normalized spacial score (nSPS) is 11.6. The van der Waals surface area contributed by atoms with E-state index >= 15 is 0 Å². The number of aryl methyl sites for hydroxylation is 2. The largest absolute Gasteiger partial charge is 0.508 e. The highest BCUT2D eigenvalue weighted by molar-refractivity contribution is 5.55. The first-order chi connectivity index (χ1) is 12.6. The molecule has 0 aliphatic carbocycles. The third kappa shape index (κ3) is 4.07. The molecular weight excluding hydrogens is 357 g/mol. The molecule has 0 unspecified atom stereocenters. The Kier molecular flexibility index (Phi) is 4.87. The lowest BCUT2D eigenvalue weighted by Gasteiger charge is -2.19. The van der Waals surface area contributed by atoms with E-state index in [0.29, 0.717) is 23.6 Å². The van der Waals surface area contributed by atoms with Gasteiger partial charge in [-0.1, -0.05) is 0 Å². The van der Waals surface area contributed by atoms with E-state index in [1.807, 2.05) is 24.9 Å². The zero-order chi connectivity index (χ0) is 19.8. The van der Waals surface area contributed by atoms with E-state index in [4.69, 9.17) is 4.42 Å². The van der Waals surface area contributed by atoms with Crippen LogP contribution in [-0.4, -0.2) is 17.1 Å². The van der Waals surface area contributed by atoms with Crippen molar-refractivity contribution in [1.82, 2.24) is 4.98 Å². The molecule has 142 valence electrons. The van der Waals surface area contributed by atoms with E-state index in [1.165, 1.54) is 12.1 Å². The van der Waals surface area contributed by atoms with E-state index < -0.39 is 11.7 Å². The second kappa shape index (κ2) is 6.98. The molecule has 4 nitrogen and oxygen atoms in total. The van der Waals surface area contributed by atoms with Crippen molar-refractivity contribution in [2.45, 2.75) is 26.6 Å². The smallest absolute Gasteiger partial charge is 0.416 e. The highest BCUT2D eigenvalue weighted by Crippen LogP contribution is 2.31. The number of alkyl halides is 3. The first-order valence-electron chi connectivity index (χ1n) is 8.30. The molecule has 27 heavy (non-hydrogen) atoms. The molecule has 0 saturated carbocycles. The molecule has 7 heteroatoms. The number of oxazole rings is 1. The van der Waals surface area contributed by atoms with Crippen LogP contribution in [0.2, 0.25) is 0 Å². The number of aromatic hydroxyl groups is 1. The van der Waals surface area contributed by atoms with Crippen LogP contribution in [-0.2, 0) is 12.7 Å². The fourth-order valence-electron chi connectivity index (χ4n) is 2.68. The standard InChI is InChI=1S/C20H19F3N2O2/c1-12-10-16(8-9-17(12)26)25(3)11-18-13(2)24-19(27-18)14-4-6-15(7-5-14)20(21,22)23/h4-10,26H,11H2,1-3H3. The molecule has 0 bridgehead atoms. The second-order valence-electron chi connectivity index (χ2n) is 6.43. The van der Waals surface area contributed by atoms with Crippen LogP contribution in [0.15, 0.2) is 46.9 Å². The highest BCUT2D eigenvalue weighted by atomic mass is 19.4. The molecule has 0 aliphatic heterocycles. The minimum absolute atomic E-state index is 0.229. The number of nitrogens with zero attached hydrogens (tertiary/aromatic N) is 2. The number of hydrogen-bond acceptors (Lipinski definition) is 4. The SMILES string of the molecule is Cc1cc(N(C)Cc2oc(-c3ccc(C(F)(F)F)cc3)nc2C)ccc1O. The highest BCUT2D eigenvalue weighted by Gasteiger charge is 2.30. The van der Waals surface area contributed by atoms with Crippen molar-refractivity contribution >= 4 is 5.69 Å². The van der Waals surface area contributed by atoms with Gasteiger partial charge in [-0.25, -0.2) is 4.98 Å². The summed E-state index contributed by atoms with van der Waals surface area (Å²) in [5, 5.41) is 9.64. The van der Waals surface area contributed by atoms with Gasteiger partial charge >= 0.3 is 6.18 Å². The van der Waals surface area contributed by atoms with Gasteiger partial charge in [-0.05, 0) is 61.9 Å². The van der Waals surface area contributed by atoms with Crippen LogP contribution in [0.4, 0.5) is 18.9 Å². The molecule has 0 saturated heterocycles. The number of aromatic nitrogens is 1. The van der Waals surface area contributed by atoms with Crippen LogP contribution in [0.5, 0.6) is 5.75 Å². The van der Waals surface area contributed by atoms with Gasteiger partial charge in [-0.15, -0.1) is 0 Å². The lowest BCUT2D eigenvalue weighted by atomic mass is 10.1. The summed E-state index contributed by atoms with van der Waals surface area (Å²) in [6.45, 7) is 4.04. The summed E-state index contributed by atoms with van der Waals surface area (Å²) in [5.74, 6) is 1.14. The number of rotatable bonds is 4. The van der Waals surface area contributed by atoms with Gasteiger partial charge in [0.15, 0.2) is 0 Å². The minimum atomic E-state index is -4.37. The predicted molar refractivity (Wildman–Crippen MR) is 96.6 cm³/mol. The maximum atomic E-state index is 12.7.